The molecule has 0 saturated heterocycles. The van der Waals surface area contributed by atoms with E-state index in [2.05, 4.69) is 19.9 Å². The summed E-state index contributed by atoms with van der Waals surface area (Å²) < 4.78 is 0. The van der Waals surface area contributed by atoms with Crippen LogP contribution in [0.2, 0.25) is 0 Å². The third-order valence-corrected chi connectivity index (χ3v) is 1.33. The van der Waals surface area contributed by atoms with Crippen LogP contribution in [0.3, 0.4) is 0 Å². The molecule has 0 radical (unpaired) electrons. The van der Waals surface area contributed by atoms with Crippen LogP contribution in [-0.4, -0.2) is 19.9 Å². The molecule has 4 nitrogen and oxygen atoms in total. The topological polar surface area (TPSA) is 51.6 Å². The average molecular weight is 188 g/mol. The fourth-order valence-electron chi connectivity index (χ4n) is 0.829. The van der Waals surface area contributed by atoms with Crippen molar-refractivity contribution < 1.29 is 0 Å². The Bertz CT molecular complexity index is 310. The Kier molecular flexibility index (Phi) is 4.20. The molecule has 4 heteroatoms. The molecule has 0 aliphatic rings. The van der Waals surface area contributed by atoms with E-state index in [4.69, 9.17) is 0 Å². The molecule has 0 unspecified atom stereocenters. The third-order valence-electron chi connectivity index (χ3n) is 1.33. The van der Waals surface area contributed by atoms with Crippen LogP contribution in [-0.2, 0) is 0 Å². The highest BCUT2D eigenvalue weighted by molar-refractivity contribution is 5.40. The van der Waals surface area contributed by atoms with E-state index < -0.39 is 0 Å². The predicted octanol–water partition coefficient (Wildman–Crippen LogP) is 1.96. The Morgan fingerprint density at radius 2 is 0.929 bits per heavy atom. The summed E-state index contributed by atoms with van der Waals surface area (Å²) in [4.78, 5) is 16.1. The van der Waals surface area contributed by atoms with E-state index in [0.29, 0.717) is 11.6 Å². The SMILES string of the molecule is CC.c1cnc(-c2ncccn2)nc1. The van der Waals surface area contributed by atoms with E-state index in [1.807, 2.05) is 13.8 Å². The van der Waals surface area contributed by atoms with Crippen molar-refractivity contribution in [1.82, 2.24) is 19.9 Å². The highest BCUT2D eigenvalue weighted by atomic mass is 15.0. The second kappa shape index (κ2) is 5.75. The Hall–Kier alpha value is -1.84. The maximum atomic E-state index is 4.01. The molecule has 0 bridgehead atoms. The summed E-state index contributed by atoms with van der Waals surface area (Å²) in [5.41, 5.74) is 0. The third kappa shape index (κ3) is 2.58. The number of aromatic nitrogens is 4. The van der Waals surface area contributed by atoms with Crippen LogP contribution in [0.5, 0.6) is 0 Å². The van der Waals surface area contributed by atoms with E-state index in [-0.39, 0.29) is 0 Å². The fourth-order valence-corrected chi connectivity index (χ4v) is 0.829. The van der Waals surface area contributed by atoms with Crippen molar-refractivity contribution in [2.75, 3.05) is 0 Å². The van der Waals surface area contributed by atoms with Gasteiger partial charge in [0, 0.05) is 24.8 Å². The standard InChI is InChI=1S/C8H6N4.C2H6/c1-3-9-7(10-4-1)8-11-5-2-6-12-8;1-2/h1-6H;1-2H3. The van der Waals surface area contributed by atoms with Gasteiger partial charge < -0.3 is 0 Å². The molecule has 2 heterocycles. The summed E-state index contributed by atoms with van der Waals surface area (Å²) in [6.07, 6.45) is 6.66. The van der Waals surface area contributed by atoms with Crippen molar-refractivity contribution in [3.63, 3.8) is 0 Å². The van der Waals surface area contributed by atoms with E-state index in [9.17, 15) is 0 Å². The van der Waals surface area contributed by atoms with Crippen molar-refractivity contribution in [3.8, 4) is 11.6 Å². The van der Waals surface area contributed by atoms with Crippen LogP contribution in [0.15, 0.2) is 36.9 Å². The maximum absolute atomic E-state index is 4.01. The minimum atomic E-state index is 0.554. The lowest BCUT2D eigenvalue weighted by Gasteiger charge is -1.93. The first kappa shape index (κ1) is 10.2. The lowest BCUT2D eigenvalue weighted by Crippen LogP contribution is -1.91. The van der Waals surface area contributed by atoms with Gasteiger partial charge in [-0.15, -0.1) is 0 Å². The lowest BCUT2D eigenvalue weighted by atomic mass is 10.5. The van der Waals surface area contributed by atoms with Gasteiger partial charge in [0.15, 0.2) is 11.6 Å². The smallest absolute Gasteiger partial charge is 0.197 e. The van der Waals surface area contributed by atoms with Crippen LogP contribution in [0.1, 0.15) is 13.8 Å². The van der Waals surface area contributed by atoms with Crippen molar-refractivity contribution >= 4 is 0 Å². The van der Waals surface area contributed by atoms with Gasteiger partial charge in [-0.05, 0) is 12.1 Å². The van der Waals surface area contributed by atoms with Gasteiger partial charge in [0.05, 0.1) is 0 Å². The molecule has 0 fully saturated rings. The number of nitrogens with zero attached hydrogens (tertiary/aromatic N) is 4. The monoisotopic (exact) mass is 188 g/mol. The van der Waals surface area contributed by atoms with E-state index in [1.54, 1.807) is 36.9 Å². The maximum Gasteiger partial charge on any atom is 0.197 e. The molecular weight excluding hydrogens is 176 g/mol. The Labute approximate surface area is 83.1 Å². The van der Waals surface area contributed by atoms with Crippen molar-refractivity contribution in [2.45, 2.75) is 13.8 Å². The van der Waals surface area contributed by atoms with Gasteiger partial charge in [-0.25, -0.2) is 19.9 Å². The van der Waals surface area contributed by atoms with Gasteiger partial charge in [-0.1, -0.05) is 13.8 Å². The molecular formula is C10H12N4. The largest absolute Gasteiger partial charge is 0.234 e. The lowest BCUT2D eigenvalue weighted by molar-refractivity contribution is 1.08. The van der Waals surface area contributed by atoms with Crippen LogP contribution < -0.4 is 0 Å². The molecule has 2 rings (SSSR count). The van der Waals surface area contributed by atoms with Crippen molar-refractivity contribution in [2.24, 2.45) is 0 Å². The molecule has 0 aromatic carbocycles. The average Bonchev–Trinajstić information content (AvgIpc) is 2.34. The number of hydrogen-bond acceptors (Lipinski definition) is 4. The van der Waals surface area contributed by atoms with Gasteiger partial charge in [-0.2, -0.15) is 0 Å². The van der Waals surface area contributed by atoms with Crippen molar-refractivity contribution in [1.29, 1.82) is 0 Å². The molecule has 0 saturated carbocycles. The summed E-state index contributed by atoms with van der Waals surface area (Å²) in [7, 11) is 0. The molecule has 0 amide bonds. The first-order chi connectivity index (χ1) is 6.97. The van der Waals surface area contributed by atoms with Crippen LogP contribution in [0.25, 0.3) is 11.6 Å². The molecule has 0 aliphatic carbocycles. The first-order valence-corrected chi connectivity index (χ1v) is 4.51. The summed E-state index contributed by atoms with van der Waals surface area (Å²) in [5.74, 6) is 1.11. The van der Waals surface area contributed by atoms with Crippen LogP contribution in [0.4, 0.5) is 0 Å². The summed E-state index contributed by atoms with van der Waals surface area (Å²) in [6.45, 7) is 4.00. The molecule has 2 aromatic rings. The molecule has 0 spiro atoms. The van der Waals surface area contributed by atoms with Crippen molar-refractivity contribution in [3.05, 3.63) is 36.9 Å². The summed E-state index contributed by atoms with van der Waals surface area (Å²) >= 11 is 0. The summed E-state index contributed by atoms with van der Waals surface area (Å²) in [6, 6.07) is 3.51. The molecule has 2 aromatic heterocycles. The molecule has 0 N–H and O–H groups in total. The normalized spacial score (nSPS) is 8.71. The summed E-state index contributed by atoms with van der Waals surface area (Å²) in [5, 5.41) is 0. The predicted molar refractivity (Wildman–Crippen MR) is 54.4 cm³/mol. The number of hydrogen-bond donors (Lipinski definition) is 0. The zero-order valence-electron chi connectivity index (χ0n) is 8.25. The zero-order valence-corrected chi connectivity index (χ0v) is 8.25. The zero-order chi connectivity index (χ0) is 10.2. The quantitative estimate of drug-likeness (QED) is 0.686. The minimum Gasteiger partial charge on any atom is -0.234 e. The van der Waals surface area contributed by atoms with Crippen LogP contribution in [0, 0.1) is 0 Å². The minimum absolute atomic E-state index is 0.554. The Morgan fingerprint density at radius 1 is 0.643 bits per heavy atom. The van der Waals surface area contributed by atoms with Gasteiger partial charge in [-0.3, -0.25) is 0 Å². The molecule has 14 heavy (non-hydrogen) atoms. The molecule has 0 atom stereocenters. The van der Waals surface area contributed by atoms with Gasteiger partial charge >= 0.3 is 0 Å². The number of rotatable bonds is 1. The van der Waals surface area contributed by atoms with Gasteiger partial charge in [0.25, 0.3) is 0 Å². The molecule has 0 aliphatic heterocycles. The van der Waals surface area contributed by atoms with E-state index >= 15 is 0 Å². The highest BCUT2D eigenvalue weighted by Gasteiger charge is 1.99. The van der Waals surface area contributed by atoms with Crippen LogP contribution >= 0.6 is 0 Å². The molecule has 72 valence electrons. The first-order valence-electron chi connectivity index (χ1n) is 4.51. The van der Waals surface area contributed by atoms with Gasteiger partial charge in [0.2, 0.25) is 0 Å². The second-order valence-corrected chi connectivity index (χ2v) is 2.14. The van der Waals surface area contributed by atoms with E-state index in [1.165, 1.54) is 0 Å². The second-order valence-electron chi connectivity index (χ2n) is 2.14. The van der Waals surface area contributed by atoms with Gasteiger partial charge in [0.1, 0.15) is 0 Å². The fraction of sp³-hybridized carbons (Fsp3) is 0.200. The van der Waals surface area contributed by atoms with E-state index in [0.717, 1.165) is 0 Å². The highest BCUT2D eigenvalue weighted by Crippen LogP contribution is 2.03. The Balaban J connectivity index is 0.000000461. The Morgan fingerprint density at radius 3 is 1.21 bits per heavy atom.